The number of carbonyl (C=O) groups excluding carboxylic acids is 1. The minimum atomic E-state index is -0.360. The summed E-state index contributed by atoms with van der Waals surface area (Å²) in [7, 11) is 0. The van der Waals surface area contributed by atoms with E-state index in [1.165, 1.54) is 0 Å². The minimum Gasteiger partial charge on any atom is -0.393 e. The number of aromatic nitrogens is 1. The lowest BCUT2D eigenvalue weighted by atomic mass is 10.3. The molecule has 96 valence electrons. The number of nitrogens with one attached hydrogen (secondary N) is 1. The second-order valence-corrected chi connectivity index (χ2v) is 5.89. The monoisotopic (exact) mass is 274 g/mol. The molecule has 0 aliphatic heterocycles. The fourth-order valence-corrected chi connectivity index (χ4v) is 2.66. The van der Waals surface area contributed by atoms with E-state index in [1.807, 2.05) is 12.3 Å². The number of carbonyl (C=O) groups is 1. The molecule has 1 atom stereocenters. The summed E-state index contributed by atoms with van der Waals surface area (Å²) in [6, 6.07) is 0. The van der Waals surface area contributed by atoms with Gasteiger partial charge in [-0.1, -0.05) is 0 Å². The lowest BCUT2D eigenvalue weighted by Crippen LogP contribution is -2.28. The highest BCUT2D eigenvalue weighted by Gasteiger charge is 2.04. The van der Waals surface area contributed by atoms with E-state index in [9.17, 15) is 4.79 Å². The molecule has 6 heteroatoms. The van der Waals surface area contributed by atoms with Crippen molar-refractivity contribution in [3.8, 4) is 0 Å². The number of thioether (sulfide) groups is 1. The molecule has 1 aromatic rings. The van der Waals surface area contributed by atoms with Crippen LogP contribution >= 0.6 is 23.1 Å². The lowest BCUT2D eigenvalue weighted by molar-refractivity contribution is -0.118. The standard InChI is InChI=1S/C11H18N2O2S2/c1-8(14)3-4-12-11(15)7-16-5-10-6-17-9(2)13-10/h6,8,14H,3-5,7H2,1-2H3,(H,12,15). The number of hydrogen-bond acceptors (Lipinski definition) is 5. The normalized spacial score (nSPS) is 12.4. The zero-order valence-electron chi connectivity index (χ0n) is 10.1. The zero-order valence-corrected chi connectivity index (χ0v) is 11.7. The van der Waals surface area contributed by atoms with Crippen LogP contribution in [-0.4, -0.2) is 34.4 Å². The average molecular weight is 274 g/mol. The van der Waals surface area contributed by atoms with Crippen molar-refractivity contribution in [2.75, 3.05) is 12.3 Å². The molecule has 0 bridgehead atoms. The van der Waals surface area contributed by atoms with Crippen LogP contribution in [0.15, 0.2) is 5.38 Å². The first-order chi connectivity index (χ1) is 8.08. The van der Waals surface area contributed by atoms with Crippen molar-refractivity contribution in [2.24, 2.45) is 0 Å². The van der Waals surface area contributed by atoms with Crippen molar-refractivity contribution in [3.63, 3.8) is 0 Å². The lowest BCUT2D eigenvalue weighted by Gasteiger charge is -2.06. The van der Waals surface area contributed by atoms with Crippen LogP contribution in [0.4, 0.5) is 0 Å². The van der Waals surface area contributed by atoms with Crippen LogP contribution in [0.25, 0.3) is 0 Å². The molecule has 2 N–H and O–H groups in total. The van der Waals surface area contributed by atoms with Gasteiger partial charge in [0.1, 0.15) is 0 Å². The highest BCUT2D eigenvalue weighted by Crippen LogP contribution is 2.14. The third-order valence-electron chi connectivity index (χ3n) is 2.03. The van der Waals surface area contributed by atoms with Crippen LogP contribution < -0.4 is 5.32 Å². The summed E-state index contributed by atoms with van der Waals surface area (Å²) in [6.45, 7) is 4.22. The van der Waals surface area contributed by atoms with Crippen molar-refractivity contribution < 1.29 is 9.90 Å². The third kappa shape index (κ3) is 6.65. The highest BCUT2D eigenvalue weighted by atomic mass is 32.2. The first-order valence-electron chi connectivity index (χ1n) is 5.51. The number of thiazole rings is 1. The van der Waals surface area contributed by atoms with E-state index in [-0.39, 0.29) is 12.0 Å². The van der Waals surface area contributed by atoms with Crippen molar-refractivity contribution in [1.29, 1.82) is 0 Å². The highest BCUT2D eigenvalue weighted by molar-refractivity contribution is 7.99. The average Bonchev–Trinajstić information content (AvgIpc) is 2.63. The maximum absolute atomic E-state index is 11.4. The minimum absolute atomic E-state index is 0.0163. The molecule has 17 heavy (non-hydrogen) atoms. The van der Waals surface area contributed by atoms with Crippen molar-refractivity contribution >= 4 is 29.0 Å². The summed E-state index contributed by atoms with van der Waals surface area (Å²) in [5.41, 5.74) is 1.04. The van der Waals surface area contributed by atoms with E-state index in [2.05, 4.69) is 10.3 Å². The van der Waals surface area contributed by atoms with Gasteiger partial charge >= 0.3 is 0 Å². The van der Waals surface area contributed by atoms with Gasteiger partial charge in [-0.15, -0.1) is 23.1 Å². The van der Waals surface area contributed by atoms with Crippen molar-refractivity contribution in [1.82, 2.24) is 10.3 Å². The van der Waals surface area contributed by atoms with Gasteiger partial charge in [-0.05, 0) is 20.3 Å². The van der Waals surface area contributed by atoms with Gasteiger partial charge in [0.2, 0.25) is 5.91 Å². The second-order valence-electron chi connectivity index (χ2n) is 3.84. The van der Waals surface area contributed by atoms with Crippen LogP contribution in [0, 0.1) is 6.92 Å². The third-order valence-corrected chi connectivity index (χ3v) is 3.82. The fourth-order valence-electron chi connectivity index (χ4n) is 1.19. The van der Waals surface area contributed by atoms with Gasteiger partial charge in [0, 0.05) is 17.7 Å². The van der Waals surface area contributed by atoms with Gasteiger partial charge in [0.15, 0.2) is 0 Å². The second kappa shape index (κ2) is 7.68. The molecular weight excluding hydrogens is 256 g/mol. The number of nitrogens with zero attached hydrogens (tertiary/aromatic N) is 1. The molecule has 0 aromatic carbocycles. The molecular formula is C11H18N2O2S2. The number of aliphatic hydroxyl groups is 1. The predicted octanol–water partition coefficient (Wildman–Crippen LogP) is 1.57. The van der Waals surface area contributed by atoms with Crippen LogP contribution in [0.3, 0.4) is 0 Å². The molecule has 0 saturated heterocycles. The number of aryl methyl sites for hydroxylation is 1. The Morgan fingerprint density at radius 1 is 1.71 bits per heavy atom. The molecule has 1 rings (SSSR count). The SMILES string of the molecule is Cc1nc(CSCC(=O)NCCC(C)O)cs1. The summed E-state index contributed by atoms with van der Waals surface area (Å²) in [4.78, 5) is 15.7. The molecule has 0 aliphatic rings. The Bertz CT molecular complexity index is 353. The first-order valence-corrected chi connectivity index (χ1v) is 7.55. The number of aliphatic hydroxyl groups excluding tert-OH is 1. The van der Waals surface area contributed by atoms with Gasteiger partial charge in [0.25, 0.3) is 0 Å². The Hall–Kier alpha value is -0.590. The molecule has 0 spiro atoms. The summed E-state index contributed by atoms with van der Waals surface area (Å²) in [6.07, 6.45) is 0.239. The van der Waals surface area contributed by atoms with Crippen molar-refractivity contribution in [2.45, 2.75) is 32.1 Å². The number of amides is 1. The van der Waals surface area contributed by atoms with Gasteiger partial charge in [-0.3, -0.25) is 4.79 Å². The summed E-state index contributed by atoms with van der Waals surface area (Å²) in [5, 5.41) is 14.9. The van der Waals surface area contributed by atoms with E-state index in [0.717, 1.165) is 16.5 Å². The van der Waals surface area contributed by atoms with E-state index in [4.69, 9.17) is 5.11 Å². The largest absolute Gasteiger partial charge is 0.393 e. The molecule has 0 aliphatic carbocycles. The Labute approximate surface area is 110 Å². The van der Waals surface area contributed by atoms with E-state index in [1.54, 1.807) is 30.0 Å². The molecule has 4 nitrogen and oxygen atoms in total. The van der Waals surface area contributed by atoms with Gasteiger partial charge in [-0.2, -0.15) is 0 Å². The first kappa shape index (κ1) is 14.5. The smallest absolute Gasteiger partial charge is 0.230 e. The predicted molar refractivity (Wildman–Crippen MR) is 72.3 cm³/mol. The molecule has 1 amide bonds. The molecule has 1 aromatic heterocycles. The Kier molecular flexibility index (Phi) is 6.54. The van der Waals surface area contributed by atoms with Crippen molar-refractivity contribution in [3.05, 3.63) is 16.1 Å². The van der Waals surface area contributed by atoms with Crippen LogP contribution in [0.2, 0.25) is 0 Å². The fraction of sp³-hybridized carbons (Fsp3) is 0.636. The molecule has 0 fully saturated rings. The van der Waals surface area contributed by atoms with Gasteiger partial charge < -0.3 is 10.4 Å². The summed E-state index contributed by atoms with van der Waals surface area (Å²) in [5.74, 6) is 1.23. The molecule has 1 heterocycles. The maximum Gasteiger partial charge on any atom is 0.230 e. The number of rotatable bonds is 7. The quantitative estimate of drug-likeness (QED) is 0.792. The topological polar surface area (TPSA) is 62.2 Å². The Morgan fingerprint density at radius 2 is 2.47 bits per heavy atom. The van der Waals surface area contributed by atoms with Crippen LogP contribution in [0.1, 0.15) is 24.0 Å². The zero-order chi connectivity index (χ0) is 12.7. The maximum atomic E-state index is 11.4. The summed E-state index contributed by atoms with van der Waals surface area (Å²) < 4.78 is 0. The molecule has 0 radical (unpaired) electrons. The van der Waals surface area contributed by atoms with Crippen LogP contribution in [-0.2, 0) is 10.5 Å². The summed E-state index contributed by atoms with van der Waals surface area (Å²) >= 11 is 3.18. The van der Waals surface area contributed by atoms with E-state index in [0.29, 0.717) is 18.7 Å². The molecule has 0 saturated carbocycles. The van der Waals surface area contributed by atoms with Gasteiger partial charge in [0.05, 0.1) is 22.6 Å². The number of hydrogen-bond donors (Lipinski definition) is 2. The van der Waals surface area contributed by atoms with E-state index >= 15 is 0 Å². The Morgan fingerprint density at radius 3 is 3.06 bits per heavy atom. The van der Waals surface area contributed by atoms with Gasteiger partial charge in [-0.25, -0.2) is 4.98 Å². The molecule has 1 unspecified atom stereocenters. The van der Waals surface area contributed by atoms with E-state index < -0.39 is 0 Å². The Balaban J connectivity index is 2.08. The van der Waals surface area contributed by atoms with Crippen LogP contribution in [0.5, 0.6) is 0 Å².